The van der Waals surface area contributed by atoms with Crippen molar-refractivity contribution in [2.75, 3.05) is 39.2 Å². The molecule has 0 aromatic carbocycles. The molecule has 4 rings (SSSR count). The summed E-state index contributed by atoms with van der Waals surface area (Å²) in [5.74, 6) is 0.783. The van der Waals surface area contributed by atoms with E-state index in [9.17, 15) is 9.00 Å². The lowest BCUT2D eigenvalue weighted by molar-refractivity contribution is -0.0687. The molecule has 2 atom stereocenters. The van der Waals surface area contributed by atoms with Crippen LogP contribution in [-0.4, -0.2) is 76.0 Å². The zero-order valence-electron chi connectivity index (χ0n) is 21.6. The Kier molecular flexibility index (Phi) is 7.55. The van der Waals surface area contributed by atoms with Gasteiger partial charge in [-0.15, -0.1) is 4.36 Å². The molecule has 3 N–H and O–H groups in total. The predicted molar refractivity (Wildman–Crippen MR) is 135 cm³/mol. The van der Waals surface area contributed by atoms with Gasteiger partial charge in [0.15, 0.2) is 9.92 Å². The highest BCUT2D eigenvalue weighted by Crippen LogP contribution is 2.34. The van der Waals surface area contributed by atoms with E-state index >= 15 is 0 Å². The quantitative estimate of drug-likeness (QED) is 0.565. The third kappa shape index (κ3) is 5.19. The molecule has 4 heterocycles. The maximum Gasteiger partial charge on any atom is 0.354 e. The Morgan fingerprint density at radius 2 is 1.97 bits per heavy atom. The fourth-order valence-electron chi connectivity index (χ4n) is 4.37. The van der Waals surface area contributed by atoms with Gasteiger partial charge in [0.1, 0.15) is 11.5 Å². The molecule has 0 saturated carbocycles. The maximum absolute atomic E-state index is 13.4. The molecule has 0 aliphatic carbocycles. The Morgan fingerprint density at radius 3 is 2.58 bits per heavy atom. The SMILES string of the molecule is COc1cc(C(C)C)c(NC(=O)N=S(N)(=O)c2cnn3c2OC[C@H](N2CC(OC)C2)C3)c(C(C)C)n1. The summed E-state index contributed by atoms with van der Waals surface area (Å²) in [6, 6.07) is 1.06. The van der Waals surface area contributed by atoms with Gasteiger partial charge in [0, 0.05) is 26.3 Å². The highest BCUT2D eigenvalue weighted by atomic mass is 32.2. The Balaban J connectivity index is 1.57. The molecule has 1 fully saturated rings. The number of pyridine rings is 1. The number of carbonyl (C=O) groups excluding carboxylic acids is 1. The number of aromatic nitrogens is 3. The van der Waals surface area contributed by atoms with E-state index in [1.807, 2.05) is 27.7 Å². The fourth-order valence-corrected chi connectivity index (χ4v) is 5.38. The zero-order valence-corrected chi connectivity index (χ0v) is 22.4. The maximum atomic E-state index is 13.4. The zero-order chi connectivity index (χ0) is 26.2. The van der Waals surface area contributed by atoms with Crippen LogP contribution in [0.15, 0.2) is 21.5 Å². The van der Waals surface area contributed by atoms with Gasteiger partial charge in [-0.1, -0.05) is 27.7 Å². The monoisotopic (exact) mass is 521 g/mol. The average Bonchev–Trinajstić information content (AvgIpc) is 3.22. The smallest absolute Gasteiger partial charge is 0.354 e. The first-order valence-corrected chi connectivity index (χ1v) is 13.5. The third-order valence-corrected chi connectivity index (χ3v) is 7.83. The minimum atomic E-state index is -3.62. The molecule has 1 unspecified atom stereocenters. The summed E-state index contributed by atoms with van der Waals surface area (Å²) < 4.78 is 35.4. The number of likely N-dealkylation sites (tertiary alicyclic amines) is 1. The summed E-state index contributed by atoms with van der Waals surface area (Å²) in [5.41, 5.74) is 1.99. The van der Waals surface area contributed by atoms with E-state index < -0.39 is 15.9 Å². The van der Waals surface area contributed by atoms with Crippen molar-refractivity contribution in [1.29, 1.82) is 0 Å². The van der Waals surface area contributed by atoms with Gasteiger partial charge in [-0.2, -0.15) is 5.10 Å². The van der Waals surface area contributed by atoms with Crippen molar-refractivity contribution in [1.82, 2.24) is 19.7 Å². The van der Waals surface area contributed by atoms with Gasteiger partial charge in [0.2, 0.25) is 11.8 Å². The van der Waals surface area contributed by atoms with Crippen molar-refractivity contribution < 1.29 is 23.2 Å². The van der Waals surface area contributed by atoms with E-state index in [0.29, 0.717) is 30.4 Å². The normalized spacial score (nSPS) is 19.9. The largest absolute Gasteiger partial charge is 0.481 e. The molecule has 0 radical (unpaired) electrons. The predicted octanol–water partition coefficient (Wildman–Crippen LogP) is 2.56. The second-order valence-corrected chi connectivity index (χ2v) is 11.4. The van der Waals surface area contributed by atoms with E-state index in [0.717, 1.165) is 18.7 Å². The molecule has 0 spiro atoms. The molecular weight excluding hydrogens is 486 g/mol. The number of nitrogens with zero attached hydrogens (tertiary/aromatic N) is 5. The molecule has 2 aromatic heterocycles. The second kappa shape index (κ2) is 10.3. The number of methoxy groups -OCH3 is 2. The van der Waals surface area contributed by atoms with Crippen LogP contribution in [-0.2, 0) is 21.2 Å². The van der Waals surface area contributed by atoms with Crippen molar-refractivity contribution >= 4 is 21.6 Å². The topological polar surface area (TPSA) is 146 Å². The first kappa shape index (κ1) is 26.3. The highest BCUT2D eigenvalue weighted by molar-refractivity contribution is 7.91. The summed E-state index contributed by atoms with van der Waals surface area (Å²) in [4.78, 5) is 19.8. The van der Waals surface area contributed by atoms with Crippen molar-refractivity contribution in [3.63, 3.8) is 0 Å². The van der Waals surface area contributed by atoms with E-state index in [-0.39, 0.29) is 34.8 Å². The van der Waals surface area contributed by atoms with Crippen molar-refractivity contribution in [2.45, 2.75) is 63.1 Å². The molecule has 36 heavy (non-hydrogen) atoms. The Bertz CT molecular complexity index is 1220. The van der Waals surface area contributed by atoms with Gasteiger partial charge in [0.25, 0.3) is 0 Å². The first-order valence-electron chi connectivity index (χ1n) is 11.9. The molecule has 2 amide bonds. The van der Waals surface area contributed by atoms with Crippen molar-refractivity contribution in [2.24, 2.45) is 9.50 Å². The number of anilines is 1. The summed E-state index contributed by atoms with van der Waals surface area (Å²) >= 11 is 0. The van der Waals surface area contributed by atoms with E-state index in [2.05, 4.69) is 24.7 Å². The van der Waals surface area contributed by atoms with Gasteiger partial charge in [-0.05, 0) is 17.4 Å². The fraction of sp³-hybridized carbons (Fsp3) is 0.609. The van der Waals surface area contributed by atoms with Crippen LogP contribution in [0.4, 0.5) is 10.5 Å². The van der Waals surface area contributed by atoms with Crippen LogP contribution < -0.4 is 19.9 Å². The number of urea groups is 1. The molecule has 1 saturated heterocycles. The van der Waals surface area contributed by atoms with Crippen molar-refractivity contribution in [3.8, 4) is 11.8 Å². The highest BCUT2D eigenvalue weighted by Gasteiger charge is 2.37. The van der Waals surface area contributed by atoms with Crippen LogP contribution >= 0.6 is 0 Å². The lowest BCUT2D eigenvalue weighted by Crippen LogP contribution is -2.59. The van der Waals surface area contributed by atoms with Gasteiger partial charge in [-0.25, -0.2) is 23.8 Å². The number of nitrogens with one attached hydrogen (secondary N) is 1. The Labute approximate surface area is 211 Å². The molecule has 2 aliphatic heterocycles. The number of nitrogens with two attached hydrogens (primary N) is 1. The summed E-state index contributed by atoms with van der Waals surface area (Å²) in [7, 11) is -0.375. The number of fused-ring (bicyclic) bond motifs is 1. The van der Waals surface area contributed by atoms with E-state index in [1.165, 1.54) is 6.20 Å². The Hall–Kier alpha value is -2.74. The summed E-state index contributed by atoms with van der Waals surface area (Å²) in [6.07, 6.45) is 1.59. The molecule has 2 aliphatic rings. The number of hydrogen-bond acceptors (Lipinski definition) is 8. The van der Waals surface area contributed by atoms with Crippen LogP contribution in [0, 0.1) is 0 Å². The van der Waals surface area contributed by atoms with Gasteiger partial charge in [-0.3, -0.25) is 4.90 Å². The van der Waals surface area contributed by atoms with Crippen molar-refractivity contribution in [3.05, 3.63) is 23.5 Å². The average molecular weight is 522 g/mol. The van der Waals surface area contributed by atoms with E-state index in [1.54, 1.807) is 25.0 Å². The Morgan fingerprint density at radius 1 is 1.25 bits per heavy atom. The van der Waals surface area contributed by atoms with Crippen LogP contribution in [0.25, 0.3) is 0 Å². The number of carbonyl (C=O) groups is 1. The van der Waals surface area contributed by atoms with Crippen LogP contribution in [0.2, 0.25) is 0 Å². The molecule has 0 bridgehead atoms. The molecule has 198 valence electrons. The molecule has 2 aromatic rings. The standard InChI is InChI=1S/C23H35N7O5S/c1-13(2)17-7-19(34-6)26-20(14(3)4)21(17)27-23(31)28-36(24,32)18-8-25-30-9-15(12-35-22(18)30)29-10-16(11-29)33-5/h7-8,13-16H,9-12H2,1-6H3,(H3,24,27,28,31,32)/t15-,36?/m1/s1. The van der Waals surface area contributed by atoms with Crippen LogP contribution in [0.5, 0.6) is 11.8 Å². The van der Waals surface area contributed by atoms with E-state index in [4.69, 9.17) is 19.3 Å². The number of rotatable bonds is 7. The number of amides is 2. The number of ether oxygens (including phenoxy) is 3. The molecule has 13 heteroatoms. The molecular formula is C23H35N7O5S. The number of hydrogen-bond donors (Lipinski definition) is 2. The first-order chi connectivity index (χ1) is 17.0. The third-order valence-electron chi connectivity index (χ3n) is 6.48. The lowest BCUT2D eigenvalue weighted by atomic mass is 9.97. The van der Waals surface area contributed by atoms with Crippen LogP contribution in [0.1, 0.15) is 50.8 Å². The minimum Gasteiger partial charge on any atom is -0.481 e. The van der Waals surface area contributed by atoms with Gasteiger partial charge < -0.3 is 19.5 Å². The summed E-state index contributed by atoms with van der Waals surface area (Å²) in [5, 5.41) is 13.1. The van der Waals surface area contributed by atoms with Gasteiger partial charge >= 0.3 is 6.03 Å². The lowest BCUT2D eigenvalue weighted by Gasteiger charge is -2.44. The summed E-state index contributed by atoms with van der Waals surface area (Å²) in [6.45, 7) is 10.5. The minimum absolute atomic E-state index is 0.00949. The van der Waals surface area contributed by atoms with Crippen LogP contribution in [0.3, 0.4) is 0 Å². The molecule has 12 nitrogen and oxygen atoms in total. The second-order valence-electron chi connectivity index (χ2n) is 9.69. The van der Waals surface area contributed by atoms with Gasteiger partial charge in [0.05, 0.1) is 43.4 Å².